The molecule has 0 radical (unpaired) electrons. The molecule has 0 aromatic heterocycles. The Balaban J connectivity index is 2.06. The van der Waals surface area contributed by atoms with E-state index in [4.69, 9.17) is 11.6 Å². The van der Waals surface area contributed by atoms with Gasteiger partial charge in [0.05, 0.1) is 0 Å². The van der Waals surface area contributed by atoms with E-state index in [1.807, 2.05) is 24.3 Å². The van der Waals surface area contributed by atoms with E-state index in [9.17, 15) is 9.59 Å². The molecule has 1 N–H and O–H groups in total. The molecule has 0 bridgehead atoms. The van der Waals surface area contributed by atoms with Crippen molar-refractivity contribution < 1.29 is 9.59 Å². The largest absolute Gasteiger partial charge is 0.326 e. The molecule has 2 amide bonds. The number of nitrogens with one attached hydrogen (secondary N) is 1. The van der Waals surface area contributed by atoms with Crippen LogP contribution < -0.4 is 10.2 Å². The monoisotopic (exact) mass is 372 g/mol. The Hall–Kier alpha value is -2.33. The van der Waals surface area contributed by atoms with Crippen LogP contribution in [-0.4, -0.2) is 18.4 Å². The lowest BCUT2D eigenvalue weighted by molar-refractivity contribution is -0.117. The number of rotatable bonds is 5. The lowest BCUT2D eigenvalue weighted by Gasteiger charge is -2.24. The smallest absolute Gasteiger partial charge is 0.226 e. The molecule has 5 heteroatoms. The van der Waals surface area contributed by atoms with Gasteiger partial charge in [0.1, 0.15) is 0 Å². The number of anilines is 2. The van der Waals surface area contributed by atoms with Gasteiger partial charge in [-0.25, -0.2) is 0 Å². The quantitative estimate of drug-likeness (QED) is 0.801. The molecular formula is C21H25ClN2O2. The van der Waals surface area contributed by atoms with Crippen LogP contribution in [0.2, 0.25) is 5.02 Å². The minimum Gasteiger partial charge on any atom is -0.326 e. The van der Waals surface area contributed by atoms with Crippen LogP contribution >= 0.6 is 11.6 Å². The zero-order valence-corrected chi connectivity index (χ0v) is 16.4. The van der Waals surface area contributed by atoms with Gasteiger partial charge in [-0.1, -0.05) is 50.6 Å². The fraction of sp³-hybridized carbons (Fsp3) is 0.333. The van der Waals surface area contributed by atoms with Gasteiger partial charge in [-0.3, -0.25) is 9.59 Å². The van der Waals surface area contributed by atoms with Gasteiger partial charge in [-0.2, -0.15) is 0 Å². The summed E-state index contributed by atoms with van der Waals surface area (Å²) in [7, 11) is 0. The summed E-state index contributed by atoms with van der Waals surface area (Å²) in [5.41, 5.74) is 2.55. The molecule has 0 aliphatic rings. The van der Waals surface area contributed by atoms with E-state index in [1.165, 1.54) is 6.92 Å². The van der Waals surface area contributed by atoms with Gasteiger partial charge >= 0.3 is 0 Å². The van der Waals surface area contributed by atoms with E-state index in [0.717, 1.165) is 16.9 Å². The maximum absolute atomic E-state index is 12.4. The van der Waals surface area contributed by atoms with Crippen molar-refractivity contribution in [1.82, 2.24) is 0 Å². The molecule has 0 spiro atoms. The molecule has 0 saturated heterocycles. The van der Waals surface area contributed by atoms with Crippen molar-refractivity contribution in [2.24, 2.45) is 0 Å². The van der Waals surface area contributed by atoms with E-state index in [2.05, 4.69) is 26.1 Å². The highest BCUT2D eigenvalue weighted by molar-refractivity contribution is 6.30. The van der Waals surface area contributed by atoms with Crippen LogP contribution in [0.5, 0.6) is 0 Å². The number of para-hydroxylation sites is 1. The molecule has 0 saturated carbocycles. The molecule has 2 rings (SSSR count). The van der Waals surface area contributed by atoms with Crippen LogP contribution in [-0.2, 0) is 15.0 Å². The minimum absolute atomic E-state index is 0.0708. The normalized spacial score (nSPS) is 11.1. The highest BCUT2D eigenvalue weighted by Crippen LogP contribution is 2.29. The van der Waals surface area contributed by atoms with Crippen LogP contribution in [0.3, 0.4) is 0 Å². The Labute approximate surface area is 160 Å². The molecule has 0 aliphatic carbocycles. The maximum atomic E-state index is 12.4. The molecule has 2 aromatic carbocycles. The van der Waals surface area contributed by atoms with Crippen molar-refractivity contribution in [3.05, 3.63) is 59.1 Å². The molecule has 0 atom stereocenters. The Morgan fingerprint density at radius 2 is 1.65 bits per heavy atom. The summed E-state index contributed by atoms with van der Waals surface area (Å²) >= 11 is 5.90. The number of nitrogens with zero attached hydrogens (tertiary/aromatic N) is 1. The van der Waals surface area contributed by atoms with Gasteiger partial charge in [0.2, 0.25) is 11.8 Å². The van der Waals surface area contributed by atoms with Gasteiger partial charge in [-0.05, 0) is 41.3 Å². The predicted molar refractivity (Wildman–Crippen MR) is 108 cm³/mol. The summed E-state index contributed by atoms with van der Waals surface area (Å²) in [6, 6.07) is 14.8. The first-order valence-corrected chi connectivity index (χ1v) is 8.99. The second kappa shape index (κ2) is 8.37. The average molecular weight is 373 g/mol. The minimum atomic E-state index is -0.123. The molecular weight excluding hydrogens is 348 g/mol. The topological polar surface area (TPSA) is 49.4 Å². The van der Waals surface area contributed by atoms with Crippen molar-refractivity contribution in [3.63, 3.8) is 0 Å². The van der Waals surface area contributed by atoms with Crippen LogP contribution in [0, 0.1) is 0 Å². The van der Waals surface area contributed by atoms with E-state index < -0.39 is 0 Å². The van der Waals surface area contributed by atoms with Crippen molar-refractivity contribution in [1.29, 1.82) is 0 Å². The zero-order valence-electron chi connectivity index (χ0n) is 15.7. The van der Waals surface area contributed by atoms with E-state index in [0.29, 0.717) is 11.6 Å². The van der Waals surface area contributed by atoms with Gasteiger partial charge in [0, 0.05) is 36.3 Å². The fourth-order valence-electron chi connectivity index (χ4n) is 2.76. The summed E-state index contributed by atoms with van der Waals surface area (Å²) in [6.07, 6.45) is 0.209. The summed E-state index contributed by atoms with van der Waals surface area (Å²) in [5, 5.41) is 3.58. The standard InChI is InChI=1S/C21H25ClN2O2/c1-15(25)24(17-11-9-16(22)10-12-17)14-13-20(26)23-19-8-6-5-7-18(19)21(2,3)4/h5-12H,13-14H2,1-4H3,(H,23,26). The first kappa shape index (κ1) is 20.0. The SMILES string of the molecule is CC(=O)N(CCC(=O)Nc1ccccc1C(C)(C)C)c1ccc(Cl)cc1. The first-order valence-electron chi connectivity index (χ1n) is 8.61. The molecule has 0 aliphatic heterocycles. The van der Waals surface area contributed by atoms with Crippen molar-refractivity contribution in [2.75, 3.05) is 16.8 Å². The second-order valence-corrected chi connectivity index (χ2v) is 7.68. The second-order valence-electron chi connectivity index (χ2n) is 7.24. The van der Waals surface area contributed by atoms with Crippen LogP contribution in [0.15, 0.2) is 48.5 Å². The highest BCUT2D eigenvalue weighted by atomic mass is 35.5. The highest BCUT2D eigenvalue weighted by Gasteiger charge is 2.19. The molecule has 0 unspecified atom stereocenters. The number of halogens is 1. The van der Waals surface area contributed by atoms with Gasteiger partial charge < -0.3 is 10.2 Å². The number of benzene rings is 2. The van der Waals surface area contributed by atoms with Crippen molar-refractivity contribution >= 4 is 34.8 Å². The van der Waals surface area contributed by atoms with E-state index in [-0.39, 0.29) is 23.7 Å². The molecule has 0 fully saturated rings. The summed E-state index contributed by atoms with van der Waals surface area (Å²) in [5.74, 6) is -0.239. The third kappa shape index (κ3) is 5.33. The van der Waals surface area contributed by atoms with Gasteiger partial charge in [-0.15, -0.1) is 0 Å². The Bertz CT molecular complexity index is 779. The first-order chi connectivity index (χ1) is 12.2. The molecule has 4 nitrogen and oxygen atoms in total. The lowest BCUT2D eigenvalue weighted by Crippen LogP contribution is -2.32. The fourth-order valence-corrected chi connectivity index (χ4v) is 2.89. The Morgan fingerprint density at radius 1 is 1.04 bits per heavy atom. The summed E-state index contributed by atoms with van der Waals surface area (Å²) < 4.78 is 0. The number of hydrogen-bond acceptors (Lipinski definition) is 2. The summed E-state index contributed by atoms with van der Waals surface area (Å²) in [6.45, 7) is 8.12. The van der Waals surface area contributed by atoms with Crippen molar-refractivity contribution in [2.45, 2.75) is 39.5 Å². The van der Waals surface area contributed by atoms with Gasteiger partial charge in [0.25, 0.3) is 0 Å². The Morgan fingerprint density at radius 3 is 2.23 bits per heavy atom. The Kier molecular flexibility index (Phi) is 6.43. The number of hydrogen-bond donors (Lipinski definition) is 1. The third-order valence-corrected chi connectivity index (χ3v) is 4.34. The summed E-state index contributed by atoms with van der Waals surface area (Å²) in [4.78, 5) is 26.0. The predicted octanol–water partition coefficient (Wildman–Crippen LogP) is 5.02. The van der Waals surface area contributed by atoms with Crippen LogP contribution in [0.1, 0.15) is 39.7 Å². The number of carbonyl (C=O) groups is 2. The van der Waals surface area contributed by atoms with Crippen LogP contribution in [0.4, 0.5) is 11.4 Å². The van der Waals surface area contributed by atoms with Crippen LogP contribution in [0.25, 0.3) is 0 Å². The zero-order chi connectivity index (χ0) is 19.3. The lowest BCUT2D eigenvalue weighted by atomic mass is 9.86. The molecule has 0 heterocycles. The third-order valence-electron chi connectivity index (χ3n) is 4.09. The van der Waals surface area contributed by atoms with Gasteiger partial charge in [0.15, 0.2) is 0 Å². The maximum Gasteiger partial charge on any atom is 0.226 e. The van der Waals surface area contributed by atoms with E-state index in [1.54, 1.807) is 29.2 Å². The average Bonchev–Trinajstić information content (AvgIpc) is 2.56. The van der Waals surface area contributed by atoms with Crippen molar-refractivity contribution in [3.8, 4) is 0 Å². The molecule has 26 heavy (non-hydrogen) atoms. The number of carbonyl (C=O) groups excluding carboxylic acids is 2. The molecule has 2 aromatic rings. The van der Waals surface area contributed by atoms with E-state index >= 15 is 0 Å². The number of amides is 2. The molecule has 138 valence electrons.